The van der Waals surface area contributed by atoms with Gasteiger partial charge in [-0.25, -0.2) is 10.2 Å². The third-order valence-corrected chi connectivity index (χ3v) is 6.74. The molecule has 0 aliphatic heterocycles. The Labute approximate surface area is 214 Å². The minimum absolute atomic E-state index is 0.0603. The molecule has 3 aromatic rings. The zero-order valence-electron chi connectivity index (χ0n) is 21.4. The fourth-order valence-corrected chi connectivity index (χ4v) is 5.25. The van der Waals surface area contributed by atoms with Crippen LogP contribution in [-0.4, -0.2) is 41.6 Å². The molecule has 0 heterocycles. The molecule has 1 fully saturated rings. The van der Waals surface area contributed by atoms with Crippen LogP contribution in [0.15, 0.2) is 72.8 Å². The summed E-state index contributed by atoms with van der Waals surface area (Å²) < 4.78 is 0. The monoisotopic (exact) mass is 488 g/mol. The fraction of sp³-hybridized carbons (Fsp3) is 0.400. The predicted octanol–water partition coefficient (Wildman–Crippen LogP) is 6.12. The van der Waals surface area contributed by atoms with Crippen LogP contribution in [0.25, 0.3) is 0 Å². The van der Waals surface area contributed by atoms with Gasteiger partial charge in [0.25, 0.3) is 0 Å². The van der Waals surface area contributed by atoms with Gasteiger partial charge in [-0.3, -0.25) is 0 Å². The molecule has 0 bridgehead atoms. The smallest absolute Gasteiger partial charge is 0.126 e. The van der Waals surface area contributed by atoms with E-state index in [2.05, 4.69) is 32.6 Å². The molecule has 2 atom stereocenters. The van der Waals surface area contributed by atoms with Gasteiger partial charge in [0.2, 0.25) is 0 Å². The summed E-state index contributed by atoms with van der Waals surface area (Å²) in [5, 5.41) is 49.1. The van der Waals surface area contributed by atoms with Crippen molar-refractivity contribution in [3.63, 3.8) is 0 Å². The standard InChI is InChI=1S/C30H36N2O4/c1-19(2)17-31(18-20(3)4)23-15-24(33)26(25(34)16-23)27-29(35)28(30(27)36)32(21-11-7-5-8-12-21)22-13-9-6-10-14-22/h5-16,19-20,27-30,33-34H,17-18H2,1-4H3. The van der Waals surface area contributed by atoms with Crippen molar-refractivity contribution in [1.82, 2.24) is 0 Å². The zero-order valence-corrected chi connectivity index (χ0v) is 21.4. The van der Waals surface area contributed by atoms with Gasteiger partial charge in [-0.2, -0.15) is 0 Å². The van der Waals surface area contributed by atoms with Crippen LogP contribution in [0, 0.1) is 11.8 Å². The van der Waals surface area contributed by atoms with Gasteiger partial charge in [0.15, 0.2) is 0 Å². The summed E-state index contributed by atoms with van der Waals surface area (Å²) in [7, 11) is 0. The molecule has 6 heteroatoms. The van der Waals surface area contributed by atoms with Gasteiger partial charge in [-0.1, -0.05) is 64.1 Å². The summed E-state index contributed by atoms with van der Waals surface area (Å²) in [4.78, 5) is 3.92. The molecule has 0 amide bonds. The summed E-state index contributed by atoms with van der Waals surface area (Å²) in [6, 6.07) is 21.1. The minimum atomic E-state index is -1.32. The van der Waals surface area contributed by atoms with Gasteiger partial charge in [0, 0.05) is 47.8 Å². The van der Waals surface area contributed by atoms with Crippen LogP contribution >= 0.6 is 0 Å². The Hall–Kier alpha value is -3.22. The number of anilines is 3. The topological polar surface area (TPSA) is 86.7 Å². The first-order valence-corrected chi connectivity index (χ1v) is 12.7. The number of phenolic OH excluding ortho intramolecular Hbond substituents is 2. The van der Waals surface area contributed by atoms with E-state index in [1.807, 2.05) is 60.7 Å². The molecule has 2 N–H and O–H groups in total. The molecule has 3 aromatic carbocycles. The van der Waals surface area contributed by atoms with Crippen molar-refractivity contribution in [1.29, 1.82) is 0 Å². The minimum Gasteiger partial charge on any atom is -0.507 e. The van der Waals surface area contributed by atoms with Crippen LogP contribution in [0.2, 0.25) is 0 Å². The Balaban J connectivity index is 1.65. The highest BCUT2D eigenvalue weighted by Crippen LogP contribution is 2.51. The van der Waals surface area contributed by atoms with E-state index in [9.17, 15) is 20.4 Å². The molecular formula is C30H36N2O4. The average molecular weight is 489 g/mol. The Morgan fingerprint density at radius 1 is 0.694 bits per heavy atom. The number of benzene rings is 3. The zero-order chi connectivity index (χ0) is 26.0. The quantitative estimate of drug-likeness (QED) is 0.380. The van der Waals surface area contributed by atoms with E-state index >= 15 is 0 Å². The van der Waals surface area contributed by atoms with Crippen molar-refractivity contribution in [3.8, 4) is 11.5 Å². The van der Waals surface area contributed by atoms with Crippen LogP contribution in [0.5, 0.6) is 11.5 Å². The third-order valence-electron chi connectivity index (χ3n) is 6.74. The van der Waals surface area contributed by atoms with E-state index in [4.69, 9.17) is 0 Å². The average Bonchev–Trinajstić information content (AvgIpc) is 2.84. The van der Waals surface area contributed by atoms with Crippen molar-refractivity contribution in [2.24, 2.45) is 11.8 Å². The first kappa shape index (κ1) is 25.9. The van der Waals surface area contributed by atoms with E-state index in [0.29, 0.717) is 17.5 Å². The van der Waals surface area contributed by atoms with Crippen molar-refractivity contribution < 1.29 is 20.4 Å². The van der Waals surface area contributed by atoms with Crippen LogP contribution in [-0.2, 0) is 10.2 Å². The maximum absolute atomic E-state index is 13.6. The van der Waals surface area contributed by atoms with Gasteiger partial charge >= 0.3 is 0 Å². The Morgan fingerprint density at radius 3 is 1.50 bits per heavy atom. The van der Waals surface area contributed by atoms with Crippen molar-refractivity contribution in [2.75, 3.05) is 22.9 Å². The number of rotatable bonds is 9. The number of aromatic hydroxyl groups is 2. The summed E-state index contributed by atoms with van der Waals surface area (Å²) in [6.07, 6.45) is -2.64. The molecule has 4 rings (SSSR count). The van der Waals surface area contributed by atoms with Gasteiger partial charge in [0.05, 0.1) is 12.0 Å². The maximum atomic E-state index is 13.6. The molecule has 0 saturated heterocycles. The first-order chi connectivity index (χ1) is 17.2. The predicted molar refractivity (Wildman–Crippen MR) is 142 cm³/mol. The second-order valence-electron chi connectivity index (χ2n) is 10.6. The van der Waals surface area contributed by atoms with Gasteiger partial charge in [0.1, 0.15) is 23.7 Å². The lowest BCUT2D eigenvalue weighted by molar-refractivity contribution is -0.134. The Bertz CT molecular complexity index is 1050. The van der Waals surface area contributed by atoms with Crippen molar-refractivity contribution in [2.45, 2.75) is 51.9 Å². The molecule has 1 aliphatic carbocycles. The van der Waals surface area contributed by atoms with Crippen molar-refractivity contribution >= 4 is 17.1 Å². The van der Waals surface area contributed by atoms with Crippen LogP contribution in [0.1, 0.15) is 39.2 Å². The molecular weight excluding hydrogens is 452 g/mol. The third kappa shape index (κ3) is 5.15. The molecule has 1 saturated carbocycles. The highest BCUT2D eigenvalue weighted by atomic mass is 16.3. The number of para-hydroxylation sites is 2. The number of nitrogens with zero attached hydrogens (tertiary/aromatic N) is 2. The molecule has 1 aliphatic rings. The molecule has 0 aromatic heterocycles. The second-order valence-corrected chi connectivity index (χ2v) is 10.6. The maximum Gasteiger partial charge on any atom is 0.126 e. The molecule has 190 valence electrons. The van der Waals surface area contributed by atoms with Gasteiger partial charge < -0.3 is 20.0 Å². The second kappa shape index (κ2) is 10.8. The van der Waals surface area contributed by atoms with Gasteiger partial charge in [-0.05, 0) is 36.1 Å². The van der Waals surface area contributed by atoms with Gasteiger partial charge in [-0.15, -0.1) is 0 Å². The van der Waals surface area contributed by atoms with Crippen molar-refractivity contribution in [3.05, 3.63) is 78.4 Å². The Morgan fingerprint density at radius 2 is 1.11 bits per heavy atom. The SMILES string of the molecule is CC(C)CN(CC(C)C)c1cc(O)c(C2C([O])C(N(c3ccccc3)c3ccccc3)C2[O])c(O)c1. The summed E-state index contributed by atoms with van der Waals surface area (Å²) >= 11 is 0. The lowest BCUT2D eigenvalue weighted by atomic mass is 9.68. The summed E-state index contributed by atoms with van der Waals surface area (Å²) in [5.41, 5.74) is 2.27. The Kier molecular flexibility index (Phi) is 7.76. The molecule has 6 nitrogen and oxygen atoms in total. The normalized spacial score (nSPS) is 21.4. The summed E-state index contributed by atoms with van der Waals surface area (Å²) in [5.74, 6) is -0.655. The summed E-state index contributed by atoms with van der Waals surface area (Å²) in [6.45, 7) is 9.99. The van der Waals surface area contributed by atoms with Crippen LogP contribution < -0.4 is 9.80 Å². The molecule has 36 heavy (non-hydrogen) atoms. The molecule has 2 radical (unpaired) electrons. The van der Waals surface area contributed by atoms with Crippen LogP contribution in [0.4, 0.5) is 17.1 Å². The van der Waals surface area contributed by atoms with E-state index < -0.39 is 24.2 Å². The molecule has 0 spiro atoms. The number of phenols is 2. The van der Waals surface area contributed by atoms with E-state index in [1.165, 1.54) is 0 Å². The first-order valence-electron chi connectivity index (χ1n) is 12.7. The highest BCUT2D eigenvalue weighted by molar-refractivity contribution is 5.67. The lowest BCUT2D eigenvalue weighted by Gasteiger charge is -2.50. The van der Waals surface area contributed by atoms with E-state index in [0.717, 1.165) is 24.5 Å². The molecule has 2 unspecified atom stereocenters. The lowest BCUT2D eigenvalue weighted by Crippen LogP contribution is -2.63. The van der Waals surface area contributed by atoms with E-state index in [1.54, 1.807) is 17.0 Å². The van der Waals surface area contributed by atoms with E-state index in [-0.39, 0.29) is 17.1 Å². The largest absolute Gasteiger partial charge is 0.507 e. The van der Waals surface area contributed by atoms with Crippen LogP contribution in [0.3, 0.4) is 0 Å². The number of hydrogen-bond donors (Lipinski definition) is 2. The fourth-order valence-electron chi connectivity index (χ4n) is 5.25. The highest BCUT2D eigenvalue weighted by Gasteiger charge is 2.57. The number of hydrogen-bond acceptors (Lipinski definition) is 4.